The zero-order chi connectivity index (χ0) is 11.4. The number of piperidine rings is 1. The maximum absolute atomic E-state index is 5.76. The van der Waals surface area contributed by atoms with Gasteiger partial charge in [0.15, 0.2) is 0 Å². The molecule has 0 spiro atoms. The Hall–Kier alpha value is -1.09. The summed E-state index contributed by atoms with van der Waals surface area (Å²) in [5.41, 5.74) is 7.05. The summed E-state index contributed by atoms with van der Waals surface area (Å²) >= 11 is 0. The van der Waals surface area contributed by atoms with Crippen molar-refractivity contribution < 1.29 is 0 Å². The van der Waals surface area contributed by atoms with Crippen molar-refractivity contribution in [2.75, 3.05) is 24.5 Å². The van der Waals surface area contributed by atoms with Crippen LogP contribution in [0.4, 0.5) is 5.82 Å². The number of nitrogens with two attached hydrogens (primary N) is 1. The molecule has 1 atom stereocenters. The smallest absolute Gasteiger partial charge is 0.132 e. The van der Waals surface area contributed by atoms with Crippen LogP contribution in [-0.4, -0.2) is 24.6 Å². The molecule has 0 aromatic carbocycles. The van der Waals surface area contributed by atoms with Gasteiger partial charge in [0.1, 0.15) is 5.82 Å². The average molecular weight is 219 g/mol. The molecular weight excluding hydrogens is 198 g/mol. The highest BCUT2D eigenvalue weighted by Crippen LogP contribution is 2.26. The molecule has 0 saturated carbocycles. The van der Waals surface area contributed by atoms with Crippen LogP contribution in [-0.2, 0) is 0 Å². The molecule has 1 aromatic rings. The number of hydrogen-bond acceptors (Lipinski definition) is 3. The first-order chi connectivity index (χ1) is 7.83. The maximum atomic E-state index is 5.76. The average Bonchev–Trinajstić information content (AvgIpc) is 2.39. The van der Waals surface area contributed by atoms with Crippen LogP contribution in [0.3, 0.4) is 0 Å². The molecule has 1 aromatic heterocycles. The second-order valence-electron chi connectivity index (χ2n) is 4.60. The molecule has 0 radical (unpaired) electrons. The molecule has 16 heavy (non-hydrogen) atoms. The summed E-state index contributed by atoms with van der Waals surface area (Å²) in [6.07, 6.45) is 5.81. The van der Waals surface area contributed by atoms with E-state index in [1.807, 2.05) is 12.3 Å². The predicted molar refractivity (Wildman–Crippen MR) is 67.8 cm³/mol. The fraction of sp³-hybridized carbons (Fsp3) is 0.615. The summed E-state index contributed by atoms with van der Waals surface area (Å²) in [6, 6.07) is 4.17. The van der Waals surface area contributed by atoms with Crippen molar-refractivity contribution in [2.24, 2.45) is 5.73 Å². The molecule has 0 aliphatic carbocycles. The van der Waals surface area contributed by atoms with E-state index in [2.05, 4.69) is 22.9 Å². The summed E-state index contributed by atoms with van der Waals surface area (Å²) < 4.78 is 0. The van der Waals surface area contributed by atoms with E-state index >= 15 is 0 Å². The Morgan fingerprint density at radius 3 is 2.81 bits per heavy atom. The molecule has 2 heterocycles. The zero-order valence-electron chi connectivity index (χ0n) is 10.0. The first-order valence-electron chi connectivity index (χ1n) is 6.23. The van der Waals surface area contributed by atoms with Gasteiger partial charge in [0.05, 0.1) is 0 Å². The standard InChI is InChI=1S/C13H21N3/c1-11(10-14)12-6-5-7-15-13(12)16-8-3-2-4-9-16/h5-7,11H,2-4,8-10,14H2,1H3. The van der Waals surface area contributed by atoms with Crippen molar-refractivity contribution in [3.63, 3.8) is 0 Å². The van der Waals surface area contributed by atoms with Crippen molar-refractivity contribution in [3.8, 4) is 0 Å². The Morgan fingerprint density at radius 2 is 2.12 bits per heavy atom. The van der Waals surface area contributed by atoms with Crippen LogP contribution in [0.1, 0.15) is 37.7 Å². The van der Waals surface area contributed by atoms with Gasteiger partial charge in [-0.25, -0.2) is 4.98 Å². The molecule has 0 bridgehead atoms. The highest BCUT2D eigenvalue weighted by Gasteiger charge is 2.17. The molecule has 2 rings (SSSR count). The Balaban J connectivity index is 2.24. The molecule has 3 nitrogen and oxygen atoms in total. The molecule has 1 unspecified atom stereocenters. The number of hydrogen-bond donors (Lipinski definition) is 1. The number of aromatic nitrogens is 1. The summed E-state index contributed by atoms with van der Waals surface area (Å²) in [5.74, 6) is 1.55. The lowest BCUT2D eigenvalue weighted by molar-refractivity contribution is 0.569. The van der Waals surface area contributed by atoms with E-state index in [1.54, 1.807) is 0 Å². The summed E-state index contributed by atoms with van der Waals surface area (Å²) in [7, 11) is 0. The van der Waals surface area contributed by atoms with Gasteiger partial charge in [-0.15, -0.1) is 0 Å². The normalized spacial score (nSPS) is 18.5. The van der Waals surface area contributed by atoms with E-state index in [0.717, 1.165) is 18.9 Å². The van der Waals surface area contributed by atoms with Gasteiger partial charge in [-0.3, -0.25) is 0 Å². The van der Waals surface area contributed by atoms with Gasteiger partial charge in [0, 0.05) is 19.3 Å². The fourth-order valence-corrected chi connectivity index (χ4v) is 2.29. The van der Waals surface area contributed by atoms with Crippen LogP contribution in [0.2, 0.25) is 0 Å². The van der Waals surface area contributed by atoms with Gasteiger partial charge in [0.2, 0.25) is 0 Å². The van der Waals surface area contributed by atoms with E-state index in [9.17, 15) is 0 Å². The largest absolute Gasteiger partial charge is 0.356 e. The maximum Gasteiger partial charge on any atom is 0.132 e. The molecule has 0 amide bonds. The zero-order valence-corrected chi connectivity index (χ0v) is 10.0. The van der Waals surface area contributed by atoms with E-state index in [-0.39, 0.29) is 0 Å². The lowest BCUT2D eigenvalue weighted by atomic mass is 10.0. The predicted octanol–water partition coefficient (Wildman–Crippen LogP) is 2.13. The molecule has 3 heteroatoms. The van der Waals surface area contributed by atoms with Crippen molar-refractivity contribution in [2.45, 2.75) is 32.1 Å². The van der Waals surface area contributed by atoms with Crippen LogP contribution in [0.5, 0.6) is 0 Å². The van der Waals surface area contributed by atoms with E-state index < -0.39 is 0 Å². The van der Waals surface area contributed by atoms with Crippen LogP contribution < -0.4 is 10.6 Å². The SMILES string of the molecule is CC(CN)c1cccnc1N1CCCCC1. The number of rotatable bonds is 3. The van der Waals surface area contributed by atoms with Crippen molar-refractivity contribution in [3.05, 3.63) is 23.9 Å². The Bertz CT molecular complexity index is 332. The molecule has 2 N–H and O–H groups in total. The van der Waals surface area contributed by atoms with Crippen LogP contribution in [0.15, 0.2) is 18.3 Å². The van der Waals surface area contributed by atoms with Gasteiger partial charge < -0.3 is 10.6 Å². The minimum Gasteiger partial charge on any atom is -0.356 e. The third kappa shape index (κ3) is 2.35. The molecule has 1 aliphatic rings. The van der Waals surface area contributed by atoms with Crippen molar-refractivity contribution in [1.29, 1.82) is 0 Å². The van der Waals surface area contributed by atoms with Gasteiger partial charge in [-0.1, -0.05) is 13.0 Å². The summed E-state index contributed by atoms with van der Waals surface area (Å²) in [4.78, 5) is 6.95. The van der Waals surface area contributed by atoms with Gasteiger partial charge in [0.25, 0.3) is 0 Å². The first kappa shape index (κ1) is 11.4. The molecule has 1 aliphatic heterocycles. The van der Waals surface area contributed by atoms with Gasteiger partial charge >= 0.3 is 0 Å². The highest BCUT2D eigenvalue weighted by atomic mass is 15.2. The quantitative estimate of drug-likeness (QED) is 0.847. The first-order valence-corrected chi connectivity index (χ1v) is 6.23. The Kier molecular flexibility index (Phi) is 3.78. The highest BCUT2D eigenvalue weighted by molar-refractivity contribution is 5.48. The number of nitrogens with zero attached hydrogens (tertiary/aromatic N) is 2. The minimum atomic E-state index is 0.394. The molecule has 1 saturated heterocycles. The van der Waals surface area contributed by atoms with Gasteiger partial charge in [-0.05, 0) is 43.4 Å². The minimum absolute atomic E-state index is 0.394. The van der Waals surface area contributed by atoms with Gasteiger partial charge in [-0.2, -0.15) is 0 Å². The molecule has 88 valence electrons. The second-order valence-corrected chi connectivity index (χ2v) is 4.60. The third-order valence-corrected chi connectivity index (χ3v) is 3.36. The van der Waals surface area contributed by atoms with Crippen LogP contribution in [0, 0.1) is 0 Å². The van der Waals surface area contributed by atoms with Crippen molar-refractivity contribution in [1.82, 2.24) is 4.98 Å². The van der Waals surface area contributed by atoms with Crippen molar-refractivity contribution >= 4 is 5.82 Å². The Labute approximate surface area is 97.7 Å². The molecular formula is C13H21N3. The summed E-state index contributed by atoms with van der Waals surface area (Å²) in [6.45, 7) is 5.14. The summed E-state index contributed by atoms with van der Waals surface area (Å²) in [5, 5.41) is 0. The monoisotopic (exact) mass is 219 g/mol. The van der Waals surface area contributed by atoms with E-state index in [0.29, 0.717) is 12.5 Å². The van der Waals surface area contributed by atoms with Crippen LogP contribution in [0.25, 0.3) is 0 Å². The number of pyridine rings is 1. The number of anilines is 1. The fourth-order valence-electron chi connectivity index (χ4n) is 2.29. The second kappa shape index (κ2) is 5.30. The topological polar surface area (TPSA) is 42.1 Å². The van der Waals surface area contributed by atoms with E-state index in [4.69, 9.17) is 5.73 Å². The van der Waals surface area contributed by atoms with E-state index in [1.165, 1.54) is 24.8 Å². The molecule has 1 fully saturated rings. The lowest BCUT2D eigenvalue weighted by Crippen LogP contribution is -2.31. The lowest BCUT2D eigenvalue weighted by Gasteiger charge is -2.30. The van der Waals surface area contributed by atoms with Crippen LogP contribution >= 0.6 is 0 Å². The Morgan fingerprint density at radius 1 is 1.38 bits per heavy atom. The third-order valence-electron chi connectivity index (χ3n) is 3.36.